The molecule has 1 heterocycles. The Balaban J connectivity index is 1.93. The standard InChI is InChI=1S/C17H18N2O5/c1-22-13-5-3-4-6-14(13)24-16-9-7-12(11-18-16)19-15(20)8-10-17(21)23-2/h3-7,9,11H,8,10H2,1-2H3,(H,19,20). The summed E-state index contributed by atoms with van der Waals surface area (Å²) in [4.78, 5) is 26.8. The number of nitrogens with one attached hydrogen (secondary N) is 1. The van der Waals surface area contributed by atoms with E-state index < -0.39 is 5.97 Å². The van der Waals surface area contributed by atoms with Crippen molar-refractivity contribution in [1.82, 2.24) is 4.98 Å². The lowest BCUT2D eigenvalue weighted by Gasteiger charge is -2.10. The van der Waals surface area contributed by atoms with Crippen molar-refractivity contribution in [2.75, 3.05) is 19.5 Å². The molecule has 1 aromatic heterocycles. The topological polar surface area (TPSA) is 86.8 Å². The predicted octanol–water partition coefficient (Wildman–Crippen LogP) is 2.77. The van der Waals surface area contributed by atoms with Crippen LogP contribution in [0.5, 0.6) is 17.4 Å². The first kappa shape index (κ1) is 17.3. The van der Waals surface area contributed by atoms with E-state index in [4.69, 9.17) is 9.47 Å². The number of hydrogen-bond donors (Lipinski definition) is 1. The molecule has 7 heteroatoms. The summed E-state index contributed by atoms with van der Waals surface area (Å²) in [7, 11) is 2.84. The summed E-state index contributed by atoms with van der Waals surface area (Å²) in [6.45, 7) is 0. The zero-order valence-electron chi connectivity index (χ0n) is 13.4. The largest absolute Gasteiger partial charge is 0.493 e. The van der Waals surface area contributed by atoms with Crippen LogP contribution in [0.3, 0.4) is 0 Å². The number of carbonyl (C=O) groups is 2. The van der Waals surface area contributed by atoms with Crippen LogP contribution < -0.4 is 14.8 Å². The van der Waals surface area contributed by atoms with Crippen LogP contribution in [0, 0.1) is 0 Å². The molecule has 0 radical (unpaired) electrons. The van der Waals surface area contributed by atoms with Crippen LogP contribution in [0.4, 0.5) is 5.69 Å². The van der Waals surface area contributed by atoms with Crippen LogP contribution in [-0.4, -0.2) is 31.1 Å². The van der Waals surface area contributed by atoms with Gasteiger partial charge in [0.2, 0.25) is 11.8 Å². The molecule has 0 atom stereocenters. The van der Waals surface area contributed by atoms with Gasteiger partial charge in [-0.1, -0.05) is 12.1 Å². The zero-order valence-corrected chi connectivity index (χ0v) is 13.4. The number of hydrogen-bond acceptors (Lipinski definition) is 6. The number of rotatable bonds is 7. The molecule has 0 aliphatic heterocycles. The molecule has 1 aromatic carbocycles. The Bertz CT molecular complexity index is 700. The number of nitrogens with zero attached hydrogens (tertiary/aromatic N) is 1. The van der Waals surface area contributed by atoms with E-state index in [-0.39, 0.29) is 18.7 Å². The van der Waals surface area contributed by atoms with Gasteiger partial charge < -0.3 is 19.5 Å². The second-order valence-corrected chi connectivity index (χ2v) is 4.76. The van der Waals surface area contributed by atoms with Crippen LogP contribution in [-0.2, 0) is 14.3 Å². The quantitative estimate of drug-likeness (QED) is 0.786. The van der Waals surface area contributed by atoms with E-state index in [2.05, 4.69) is 15.0 Å². The molecule has 126 valence electrons. The highest BCUT2D eigenvalue weighted by Gasteiger charge is 2.08. The Morgan fingerprint density at radius 1 is 1.04 bits per heavy atom. The maximum atomic E-state index is 11.7. The van der Waals surface area contributed by atoms with Crippen molar-refractivity contribution in [2.45, 2.75) is 12.8 Å². The van der Waals surface area contributed by atoms with E-state index in [0.717, 1.165) is 0 Å². The third kappa shape index (κ3) is 4.98. The highest BCUT2D eigenvalue weighted by molar-refractivity contribution is 5.92. The summed E-state index contributed by atoms with van der Waals surface area (Å²) >= 11 is 0. The summed E-state index contributed by atoms with van der Waals surface area (Å²) in [5.41, 5.74) is 0.511. The first-order valence-corrected chi connectivity index (χ1v) is 7.26. The van der Waals surface area contributed by atoms with Crippen molar-refractivity contribution in [3.05, 3.63) is 42.6 Å². The molecule has 0 saturated heterocycles. The number of anilines is 1. The fourth-order valence-electron chi connectivity index (χ4n) is 1.87. The van der Waals surface area contributed by atoms with Gasteiger partial charge in [-0.3, -0.25) is 9.59 Å². The Kier molecular flexibility index (Phi) is 6.13. The molecule has 0 aliphatic rings. The van der Waals surface area contributed by atoms with Crippen molar-refractivity contribution in [3.8, 4) is 17.4 Å². The minimum Gasteiger partial charge on any atom is -0.493 e. The fraction of sp³-hybridized carbons (Fsp3) is 0.235. The summed E-state index contributed by atoms with van der Waals surface area (Å²) in [5.74, 6) is 0.790. The second kappa shape index (κ2) is 8.52. The number of carbonyl (C=O) groups excluding carboxylic acids is 2. The Hall–Kier alpha value is -3.09. The minimum atomic E-state index is -0.427. The molecule has 24 heavy (non-hydrogen) atoms. The average Bonchev–Trinajstić information content (AvgIpc) is 2.61. The Labute approximate surface area is 139 Å². The lowest BCUT2D eigenvalue weighted by molar-refractivity contribution is -0.141. The predicted molar refractivity (Wildman–Crippen MR) is 87.2 cm³/mol. The number of aromatic nitrogens is 1. The van der Waals surface area contributed by atoms with E-state index in [0.29, 0.717) is 23.1 Å². The number of para-hydroxylation sites is 2. The summed E-state index contributed by atoms with van der Waals surface area (Å²) in [6, 6.07) is 10.5. The average molecular weight is 330 g/mol. The number of amides is 1. The molecule has 1 amide bonds. The van der Waals surface area contributed by atoms with Crippen molar-refractivity contribution in [1.29, 1.82) is 0 Å². The van der Waals surface area contributed by atoms with Gasteiger partial charge in [-0.05, 0) is 18.2 Å². The van der Waals surface area contributed by atoms with Gasteiger partial charge in [-0.15, -0.1) is 0 Å². The first-order valence-electron chi connectivity index (χ1n) is 7.26. The van der Waals surface area contributed by atoms with E-state index in [1.54, 1.807) is 31.4 Å². The van der Waals surface area contributed by atoms with Gasteiger partial charge in [0.15, 0.2) is 11.5 Å². The highest BCUT2D eigenvalue weighted by atomic mass is 16.5. The van der Waals surface area contributed by atoms with Gasteiger partial charge in [0.1, 0.15) is 0 Å². The van der Waals surface area contributed by atoms with E-state index >= 15 is 0 Å². The summed E-state index contributed by atoms with van der Waals surface area (Å²) < 4.78 is 15.3. The van der Waals surface area contributed by atoms with Gasteiger partial charge >= 0.3 is 5.97 Å². The van der Waals surface area contributed by atoms with Crippen LogP contribution in [0.15, 0.2) is 42.6 Å². The fourth-order valence-corrected chi connectivity index (χ4v) is 1.87. The maximum absolute atomic E-state index is 11.7. The smallest absolute Gasteiger partial charge is 0.306 e. The van der Waals surface area contributed by atoms with Gasteiger partial charge in [0, 0.05) is 12.5 Å². The van der Waals surface area contributed by atoms with E-state index in [9.17, 15) is 9.59 Å². The van der Waals surface area contributed by atoms with E-state index in [1.807, 2.05) is 12.1 Å². The van der Waals surface area contributed by atoms with Gasteiger partial charge in [0.25, 0.3) is 0 Å². The monoisotopic (exact) mass is 330 g/mol. The molecule has 1 N–H and O–H groups in total. The molecular formula is C17H18N2O5. The van der Waals surface area contributed by atoms with Gasteiger partial charge in [0.05, 0.1) is 32.5 Å². The third-order valence-corrected chi connectivity index (χ3v) is 3.09. The SMILES string of the molecule is COC(=O)CCC(=O)Nc1ccc(Oc2ccccc2OC)nc1. The van der Waals surface area contributed by atoms with Crippen molar-refractivity contribution in [2.24, 2.45) is 0 Å². The van der Waals surface area contributed by atoms with Crippen LogP contribution in [0.1, 0.15) is 12.8 Å². The van der Waals surface area contributed by atoms with Gasteiger partial charge in [-0.25, -0.2) is 4.98 Å². The number of ether oxygens (including phenoxy) is 3. The van der Waals surface area contributed by atoms with Crippen LogP contribution >= 0.6 is 0 Å². The number of benzene rings is 1. The van der Waals surface area contributed by atoms with Crippen molar-refractivity contribution in [3.63, 3.8) is 0 Å². The molecule has 0 bridgehead atoms. The molecule has 0 saturated carbocycles. The summed E-state index contributed by atoms with van der Waals surface area (Å²) in [5, 5.41) is 2.65. The molecule has 0 fully saturated rings. The third-order valence-electron chi connectivity index (χ3n) is 3.09. The molecule has 2 aromatic rings. The summed E-state index contributed by atoms with van der Waals surface area (Å²) in [6.07, 6.45) is 1.55. The number of methoxy groups -OCH3 is 2. The Morgan fingerprint density at radius 2 is 1.79 bits per heavy atom. The molecule has 0 aliphatic carbocycles. The normalized spacial score (nSPS) is 9.92. The maximum Gasteiger partial charge on any atom is 0.306 e. The molecule has 2 rings (SSSR count). The molecule has 0 unspecified atom stereocenters. The lowest BCUT2D eigenvalue weighted by Crippen LogP contribution is -2.14. The zero-order chi connectivity index (χ0) is 17.4. The molecular weight excluding hydrogens is 312 g/mol. The van der Waals surface area contributed by atoms with Crippen molar-refractivity contribution < 1.29 is 23.8 Å². The highest BCUT2D eigenvalue weighted by Crippen LogP contribution is 2.30. The molecule has 7 nitrogen and oxygen atoms in total. The lowest BCUT2D eigenvalue weighted by atomic mass is 10.3. The van der Waals surface area contributed by atoms with Gasteiger partial charge in [-0.2, -0.15) is 0 Å². The van der Waals surface area contributed by atoms with Crippen LogP contribution in [0.2, 0.25) is 0 Å². The second-order valence-electron chi connectivity index (χ2n) is 4.76. The van der Waals surface area contributed by atoms with Crippen molar-refractivity contribution >= 4 is 17.6 Å². The minimum absolute atomic E-state index is 0.0325. The molecule has 0 spiro atoms. The number of esters is 1. The van der Waals surface area contributed by atoms with Crippen LogP contribution in [0.25, 0.3) is 0 Å². The first-order chi connectivity index (χ1) is 11.6. The number of pyridine rings is 1. The van der Waals surface area contributed by atoms with E-state index in [1.165, 1.54) is 13.3 Å². The Morgan fingerprint density at radius 3 is 2.42 bits per heavy atom.